The van der Waals surface area contributed by atoms with Crippen LogP contribution >= 0.6 is 23.2 Å². The molecular formula is C27H36Cl2N4O4. The van der Waals surface area contributed by atoms with Gasteiger partial charge in [0.2, 0.25) is 0 Å². The van der Waals surface area contributed by atoms with Gasteiger partial charge in [-0.25, -0.2) is 0 Å². The van der Waals surface area contributed by atoms with Gasteiger partial charge in [0, 0.05) is 25.1 Å². The molecule has 2 aromatic carbocycles. The molecule has 0 aromatic heterocycles. The Kier molecular flexibility index (Phi) is 10.7. The van der Waals surface area contributed by atoms with E-state index in [9.17, 15) is 9.59 Å². The molecule has 3 rings (SSSR count). The first-order valence-corrected chi connectivity index (χ1v) is 13.3. The molecule has 0 spiro atoms. The van der Waals surface area contributed by atoms with Gasteiger partial charge in [0.1, 0.15) is 11.5 Å². The second kappa shape index (κ2) is 13.7. The number of benzene rings is 2. The van der Waals surface area contributed by atoms with E-state index in [0.717, 1.165) is 51.7 Å². The molecular weight excluding hydrogens is 515 g/mol. The Labute approximate surface area is 228 Å². The van der Waals surface area contributed by atoms with Crippen LogP contribution in [0.5, 0.6) is 11.5 Å². The predicted molar refractivity (Wildman–Crippen MR) is 149 cm³/mol. The summed E-state index contributed by atoms with van der Waals surface area (Å²) in [4.78, 5) is 27.7. The Morgan fingerprint density at radius 3 is 2.08 bits per heavy atom. The normalized spacial score (nSPS) is 14.4. The van der Waals surface area contributed by atoms with Crippen molar-refractivity contribution in [3.8, 4) is 11.5 Å². The molecule has 1 fully saturated rings. The molecule has 202 valence electrons. The van der Waals surface area contributed by atoms with E-state index in [4.69, 9.17) is 44.1 Å². The predicted octanol–water partition coefficient (Wildman–Crippen LogP) is 5.06. The van der Waals surface area contributed by atoms with Crippen LogP contribution in [0.15, 0.2) is 24.3 Å². The summed E-state index contributed by atoms with van der Waals surface area (Å²) in [5, 5.41) is 3.70. The molecule has 2 aromatic rings. The number of carbonyl (C=O) groups excluding carboxylic acids is 2. The molecule has 0 bridgehead atoms. The topological polar surface area (TPSA) is 120 Å². The summed E-state index contributed by atoms with van der Waals surface area (Å²) < 4.78 is 10.6. The number of rotatable bonds is 12. The number of amides is 1. The average Bonchev–Trinajstić information content (AvgIpc) is 2.90. The lowest BCUT2D eigenvalue weighted by atomic mass is 9.96. The molecule has 0 atom stereocenters. The first-order valence-electron chi connectivity index (χ1n) is 12.5. The number of anilines is 2. The van der Waals surface area contributed by atoms with Crippen molar-refractivity contribution in [1.29, 1.82) is 0 Å². The van der Waals surface area contributed by atoms with E-state index in [1.165, 1.54) is 14.2 Å². The monoisotopic (exact) mass is 550 g/mol. The van der Waals surface area contributed by atoms with Gasteiger partial charge in [-0.05, 0) is 63.4 Å². The third-order valence-corrected chi connectivity index (χ3v) is 7.47. The van der Waals surface area contributed by atoms with Gasteiger partial charge in [-0.15, -0.1) is 0 Å². The van der Waals surface area contributed by atoms with E-state index < -0.39 is 0 Å². The Morgan fingerprint density at radius 2 is 1.49 bits per heavy atom. The fraction of sp³-hybridized carbons (Fsp3) is 0.481. The third-order valence-electron chi connectivity index (χ3n) is 6.82. The molecule has 1 amide bonds. The summed E-state index contributed by atoms with van der Waals surface area (Å²) in [6, 6.07) is 6.29. The highest BCUT2D eigenvalue weighted by molar-refractivity contribution is 6.34. The molecule has 1 aliphatic heterocycles. The summed E-state index contributed by atoms with van der Waals surface area (Å²) >= 11 is 12.2. The fourth-order valence-electron chi connectivity index (χ4n) is 4.55. The van der Waals surface area contributed by atoms with E-state index in [0.29, 0.717) is 62.9 Å². The van der Waals surface area contributed by atoms with Crippen molar-refractivity contribution in [1.82, 2.24) is 10.2 Å². The molecule has 0 unspecified atom stereocenters. The van der Waals surface area contributed by atoms with Crippen LogP contribution in [0.25, 0.3) is 0 Å². The number of methoxy groups -OCH3 is 2. The van der Waals surface area contributed by atoms with Crippen LogP contribution < -0.4 is 26.3 Å². The molecule has 1 saturated heterocycles. The number of unbranched alkanes of at least 4 members (excludes halogenated alkanes) is 2. The number of nitrogens with one attached hydrogen (secondary N) is 1. The van der Waals surface area contributed by atoms with Gasteiger partial charge in [0.15, 0.2) is 5.78 Å². The lowest BCUT2D eigenvalue weighted by Gasteiger charge is -2.32. The molecule has 10 heteroatoms. The van der Waals surface area contributed by atoms with Gasteiger partial charge in [-0.1, -0.05) is 29.6 Å². The maximum Gasteiger partial charge on any atom is 0.255 e. The minimum absolute atomic E-state index is 0.0143. The van der Waals surface area contributed by atoms with Crippen LogP contribution in [0.4, 0.5) is 11.4 Å². The molecule has 37 heavy (non-hydrogen) atoms. The van der Waals surface area contributed by atoms with Crippen molar-refractivity contribution in [3.63, 3.8) is 0 Å². The lowest BCUT2D eigenvalue weighted by Crippen LogP contribution is -2.39. The third kappa shape index (κ3) is 7.90. The van der Waals surface area contributed by atoms with Crippen molar-refractivity contribution < 1.29 is 19.1 Å². The first kappa shape index (κ1) is 28.9. The van der Waals surface area contributed by atoms with Crippen molar-refractivity contribution in [2.45, 2.75) is 38.5 Å². The number of nitrogen functional groups attached to an aromatic ring is 2. The average molecular weight is 552 g/mol. The van der Waals surface area contributed by atoms with Gasteiger partial charge in [-0.2, -0.15) is 0 Å². The Bertz CT molecular complexity index is 1100. The molecule has 0 aliphatic carbocycles. The van der Waals surface area contributed by atoms with E-state index in [1.54, 1.807) is 24.3 Å². The zero-order chi connectivity index (χ0) is 26.9. The number of carbonyl (C=O) groups is 2. The number of ether oxygens (including phenoxy) is 2. The van der Waals surface area contributed by atoms with Gasteiger partial charge in [-0.3, -0.25) is 9.59 Å². The summed E-state index contributed by atoms with van der Waals surface area (Å²) in [6.45, 7) is 3.61. The van der Waals surface area contributed by atoms with E-state index in [2.05, 4.69) is 10.2 Å². The summed E-state index contributed by atoms with van der Waals surface area (Å²) in [7, 11) is 3.02. The molecule has 0 radical (unpaired) electrons. The number of nitrogens with zero attached hydrogens (tertiary/aromatic N) is 1. The number of hydrogen-bond acceptors (Lipinski definition) is 7. The Balaban J connectivity index is 1.34. The van der Waals surface area contributed by atoms with E-state index >= 15 is 0 Å². The minimum Gasteiger partial charge on any atom is -0.496 e. The van der Waals surface area contributed by atoms with Crippen molar-refractivity contribution in [2.75, 3.05) is 51.9 Å². The highest BCUT2D eigenvalue weighted by atomic mass is 35.5. The molecule has 1 heterocycles. The van der Waals surface area contributed by atoms with Gasteiger partial charge < -0.3 is 31.2 Å². The summed E-state index contributed by atoms with van der Waals surface area (Å²) in [5.74, 6) is 1.10. The Morgan fingerprint density at radius 1 is 0.919 bits per heavy atom. The van der Waals surface area contributed by atoms with E-state index in [-0.39, 0.29) is 11.7 Å². The summed E-state index contributed by atoms with van der Waals surface area (Å²) in [6.07, 6.45) is 5.31. The molecule has 1 aliphatic rings. The minimum atomic E-state index is -0.213. The maximum absolute atomic E-state index is 12.7. The van der Waals surface area contributed by atoms with Crippen molar-refractivity contribution >= 4 is 46.3 Å². The van der Waals surface area contributed by atoms with Gasteiger partial charge in [0.05, 0.1) is 46.8 Å². The number of halogens is 2. The number of Topliss-reactive ketones (excluding diaryl/α,β-unsaturated/α-hetero) is 1. The maximum atomic E-state index is 12.7. The van der Waals surface area contributed by atoms with Crippen LogP contribution in [-0.2, 0) is 0 Å². The van der Waals surface area contributed by atoms with Gasteiger partial charge >= 0.3 is 0 Å². The van der Waals surface area contributed by atoms with E-state index in [1.807, 2.05) is 0 Å². The summed E-state index contributed by atoms with van der Waals surface area (Å²) in [5.41, 5.74) is 13.2. The van der Waals surface area contributed by atoms with Crippen LogP contribution in [0.3, 0.4) is 0 Å². The smallest absolute Gasteiger partial charge is 0.255 e. The van der Waals surface area contributed by atoms with Gasteiger partial charge in [0.25, 0.3) is 5.91 Å². The number of likely N-dealkylation sites (tertiary alicyclic amines) is 1. The second-order valence-electron chi connectivity index (χ2n) is 9.38. The number of nitrogens with two attached hydrogens (primary N) is 2. The van der Waals surface area contributed by atoms with Crippen LogP contribution in [0, 0.1) is 5.92 Å². The molecule has 5 N–H and O–H groups in total. The quantitative estimate of drug-likeness (QED) is 0.192. The number of piperidine rings is 1. The van der Waals surface area contributed by atoms with Crippen molar-refractivity contribution in [2.24, 2.45) is 5.92 Å². The number of hydrogen-bond donors (Lipinski definition) is 3. The zero-order valence-corrected chi connectivity index (χ0v) is 23.0. The molecule has 0 saturated carbocycles. The second-order valence-corrected chi connectivity index (χ2v) is 10.2. The lowest BCUT2D eigenvalue weighted by molar-refractivity contribution is 0.0932. The number of ketones is 1. The standard InChI is InChI=1S/C27H36Cl2N4O4/c1-36-25-14-22(30)20(28)12-18(25)24(34)6-4-3-5-9-33-10-7-17(8-11-33)16-32-27(35)19-13-21(29)23(31)15-26(19)37-2/h12-15,17H,3-11,16,30-31H2,1-2H3,(H,32,35). The van der Waals surface area contributed by atoms with Crippen LogP contribution in [0.1, 0.15) is 59.2 Å². The Hall–Kier alpha value is -2.68. The highest BCUT2D eigenvalue weighted by Gasteiger charge is 2.21. The zero-order valence-electron chi connectivity index (χ0n) is 21.4. The van der Waals surface area contributed by atoms with Crippen LogP contribution in [-0.4, -0.2) is 57.0 Å². The highest BCUT2D eigenvalue weighted by Crippen LogP contribution is 2.31. The largest absolute Gasteiger partial charge is 0.496 e. The van der Waals surface area contributed by atoms with Crippen LogP contribution in [0.2, 0.25) is 10.0 Å². The van der Waals surface area contributed by atoms with Crippen molar-refractivity contribution in [3.05, 3.63) is 45.4 Å². The SMILES string of the molecule is COc1cc(N)c(Cl)cc1C(=O)CCCCCN1CCC(CNC(=O)c2cc(Cl)c(N)cc2OC)CC1. The molecule has 8 nitrogen and oxygen atoms in total. The fourth-order valence-corrected chi connectivity index (χ4v) is 4.88. The first-order chi connectivity index (χ1) is 17.7.